The number of fused-ring (bicyclic) bond motifs is 1. The third-order valence-electron chi connectivity index (χ3n) is 2.92. The maximum atomic E-state index is 13.9. The van der Waals surface area contributed by atoms with Gasteiger partial charge in [-0.1, -0.05) is 0 Å². The van der Waals surface area contributed by atoms with Crippen LogP contribution in [0.2, 0.25) is 0 Å². The van der Waals surface area contributed by atoms with Crippen molar-refractivity contribution < 1.29 is 14.3 Å². The van der Waals surface area contributed by atoms with Crippen LogP contribution in [0.5, 0.6) is 0 Å². The molecule has 0 saturated heterocycles. The lowest BCUT2D eigenvalue weighted by Gasteiger charge is -2.03. The quantitative estimate of drug-likeness (QED) is 0.888. The van der Waals surface area contributed by atoms with E-state index < -0.39 is 5.97 Å². The molecule has 0 amide bonds. The highest BCUT2D eigenvalue weighted by molar-refractivity contribution is 5.85. The second kappa shape index (κ2) is 4.20. The van der Waals surface area contributed by atoms with Crippen LogP contribution >= 0.6 is 0 Å². The SMILES string of the molecule is Cc1cn(C)c2c(F)cc(CCC(=O)O)cc12. The van der Waals surface area contributed by atoms with Crippen LogP contribution in [-0.2, 0) is 18.3 Å². The van der Waals surface area contributed by atoms with Gasteiger partial charge in [0.25, 0.3) is 0 Å². The second-order valence-electron chi connectivity index (χ2n) is 4.29. The summed E-state index contributed by atoms with van der Waals surface area (Å²) in [4.78, 5) is 10.5. The number of carbonyl (C=O) groups is 1. The van der Waals surface area contributed by atoms with Crippen molar-refractivity contribution in [2.75, 3.05) is 0 Å². The van der Waals surface area contributed by atoms with Gasteiger partial charge in [-0.05, 0) is 36.6 Å². The molecule has 0 bridgehead atoms. The molecule has 90 valence electrons. The summed E-state index contributed by atoms with van der Waals surface area (Å²) in [6.07, 6.45) is 2.25. The number of hydrogen-bond donors (Lipinski definition) is 1. The molecule has 0 aliphatic carbocycles. The predicted molar refractivity (Wildman–Crippen MR) is 63.6 cm³/mol. The average molecular weight is 235 g/mol. The van der Waals surface area contributed by atoms with Gasteiger partial charge < -0.3 is 9.67 Å². The number of rotatable bonds is 3. The van der Waals surface area contributed by atoms with Crippen molar-refractivity contribution >= 4 is 16.9 Å². The number of carboxylic acid groups (broad SMARTS) is 1. The Labute approximate surface area is 98.5 Å². The molecule has 0 fully saturated rings. The van der Waals surface area contributed by atoms with Crippen LogP contribution in [0.1, 0.15) is 17.5 Å². The van der Waals surface area contributed by atoms with Gasteiger partial charge in [0.15, 0.2) is 0 Å². The van der Waals surface area contributed by atoms with E-state index in [1.165, 1.54) is 6.07 Å². The Morgan fingerprint density at radius 1 is 1.47 bits per heavy atom. The highest BCUT2D eigenvalue weighted by Crippen LogP contribution is 2.25. The summed E-state index contributed by atoms with van der Waals surface area (Å²) in [5.74, 6) is -1.16. The van der Waals surface area contributed by atoms with E-state index in [9.17, 15) is 9.18 Å². The van der Waals surface area contributed by atoms with E-state index in [-0.39, 0.29) is 12.2 Å². The van der Waals surface area contributed by atoms with Crippen molar-refractivity contribution in [2.45, 2.75) is 19.8 Å². The Kier molecular flexibility index (Phi) is 2.88. The lowest BCUT2D eigenvalue weighted by molar-refractivity contribution is -0.136. The van der Waals surface area contributed by atoms with Gasteiger partial charge in [-0.3, -0.25) is 4.79 Å². The Balaban J connectivity index is 2.47. The van der Waals surface area contributed by atoms with Gasteiger partial charge in [-0.2, -0.15) is 0 Å². The molecule has 0 aliphatic heterocycles. The smallest absolute Gasteiger partial charge is 0.303 e. The summed E-state index contributed by atoms with van der Waals surface area (Å²) < 4.78 is 15.6. The van der Waals surface area contributed by atoms with Gasteiger partial charge in [0.05, 0.1) is 5.52 Å². The molecule has 1 N–H and O–H groups in total. The van der Waals surface area contributed by atoms with Crippen LogP contribution in [0.15, 0.2) is 18.3 Å². The lowest BCUT2D eigenvalue weighted by Crippen LogP contribution is -1.98. The minimum absolute atomic E-state index is 0.0246. The number of hydrogen-bond acceptors (Lipinski definition) is 1. The molecule has 0 aliphatic rings. The summed E-state index contributed by atoms with van der Waals surface area (Å²) in [6.45, 7) is 1.92. The van der Waals surface area contributed by atoms with Gasteiger partial charge >= 0.3 is 5.97 Å². The molecule has 0 saturated carbocycles. The molecule has 3 nitrogen and oxygen atoms in total. The fourth-order valence-corrected chi connectivity index (χ4v) is 2.13. The highest BCUT2D eigenvalue weighted by Gasteiger charge is 2.10. The van der Waals surface area contributed by atoms with Crippen LogP contribution in [0.4, 0.5) is 4.39 Å². The number of aliphatic carboxylic acids is 1. The van der Waals surface area contributed by atoms with E-state index in [4.69, 9.17) is 5.11 Å². The molecule has 0 atom stereocenters. The zero-order valence-corrected chi connectivity index (χ0v) is 9.83. The molecule has 17 heavy (non-hydrogen) atoms. The second-order valence-corrected chi connectivity index (χ2v) is 4.29. The molecule has 1 heterocycles. The number of carboxylic acids is 1. The summed E-state index contributed by atoms with van der Waals surface area (Å²) in [5.41, 5.74) is 2.30. The predicted octanol–water partition coefficient (Wildman–Crippen LogP) is 2.64. The van der Waals surface area contributed by atoms with Crippen molar-refractivity contribution in [3.05, 3.63) is 35.3 Å². The number of nitrogens with zero attached hydrogens (tertiary/aromatic N) is 1. The van der Waals surface area contributed by atoms with Crippen LogP contribution < -0.4 is 0 Å². The molecular formula is C13H14FNO2. The van der Waals surface area contributed by atoms with Gasteiger partial charge in [0.2, 0.25) is 0 Å². The molecule has 0 unspecified atom stereocenters. The topological polar surface area (TPSA) is 42.2 Å². The number of halogens is 1. The van der Waals surface area contributed by atoms with Crippen molar-refractivity contribution in [1.29, 1.82) is 0 Å². The number of benzene rings is 1. The highest BCUT2D eigenvalue weighted by atomic mass is 19.1. The zero-order chi connectivity index (χ0) is 12.6. The van der Waals surface area contributed by atoms with E-state index in [1.54, 1.807) is 11.6 Å². The Morgan fingerprint density at radius 2 is 2.18 bits per heavy atom. The zero-order valence-electron chi connectivity index (χ0n) is 9.83. The van der Waals surface area contributed by atoms with Crippen molar-refractivity contribution in [3.63, 3.8) is 0 Å². The largest absolute Gasteiger partial charge is 0.481 e. The third-order valence-corrected chi connectivity index (χ3v) is 2.92. The first kappa shape index (κ1) is 11.6. The van der Waals surface area contributed by atoms with Crippen LogP contribution in [-0.4, -0.2) is 15.6 Å². The average Bonchev–Trinajstić information content (AvgIpc) is 2.52. The van der Waals surface area contributed by atoms with Crippen molar-refractivity contribution in [2.24, 2.45) is 7.05 Å². The van der Waals surface area contributed by atoms with Gasteiger partial charge in [0.1, 0.15) is 5.82 Å². The van der Waals surface area contributed by atoms with E-state index in [1.807, 2.05) is 19.2 Å². The Morgan fingerprint density at radius 3 is 2.82 bits per heavy atom. The van der Waals surface area contributed by atoms with Gasteiger partial charge in [-0.25, -0.2) is 4.39 Å². The first-order valence-corrected chi connectivity index (χ1v) is 5.45. The number of aryl methyl sites for hydroxylation is 3. The van der Waals surface area contributed by atoms with Crippen molar-refractivity contribution in [3.8, 4) is 0 Å². The molecular weight excluding hydrogens is 221 g/mol. The van der Waals surface area contributed by atoms with E-state index in [0.717, 1.165) is 16.5 Å². The lowest BCUT2D eigenvalue weighted by atomic mass is 10.1. The van der Waals surface area contributed by atoms with E-state index in [0.29, 0.717) is 11.9 Å². The first-order valence-electron chi connectivity index (χ1n) is 5.45. The molecule has 2 aromatic rings. The summed E-state index contributed by atoms with van der Waals surface area (Å²) in [5, 5.41) is 9.47. The van der Waals surface area contributed by atoms with Crippen LogP contribution in [0.3, 0.4) is 0 Å². The van der Waals surface area contributed by atoms with Gasteiger partial charge in [0, 0.05) is 25.1 Å². The monoisotopic (exact) mass is 235 g/mol. The Hall–Kier alpha value is -1.84. The van der Waals surface area contributed by atoms with E-state index >= 15 is 0 Å². The Bertz CT molecular complexity index is 587. The molecule has 2 rings (SSSR count). The summed E-state index contributed by atoms with van der Waals surface area (Å²) in [7, 11) is 1.80. The first-order chi connectivity index (χ1) is 7.99. The molecule has 0 radical (unpaired) electrons. The molecule has 1 aromatic carbocycles. The van der Waals surface area contributed by atoms with Crippen LogP contribution in [0, 0.1) is 12.7 Å². The summed E-state index contributed by atoms with van der Waals surface area (Å²) >= 11 is 0. The maximum Gasteiger partial charge on any atom is 0.303 e. The molecule has 0 spiro atoms. The fraction of sp³-hybridized carbons (Fsp3) is 0.308. The van der Waals surface area contributed by atoms with E-state index in [2.05, 4.69) is 0 Å². The third kappa shape index (κ3) is 2.16. The standard InChI is InChI=1S/C13H14FNO2/c1-8-7-15(2)13-10(8)5-9(6-11(13)14)3-4-12(16)17/h5-7H,3-4H2,1-2H3,(H,16,17). The van der Waals surface area contributed by atoms with Crippen molar-refractivity contribution in [1.82, 2.24) is 4.57 Å². The molecule has 1 aromatic heterocycles. The van der Waals surface area contributed by atoms with Gasteiger partial charge in [-0.15, -0.1) is 0 Å². The maximum absolute atomic E-state index is 13.9. The minimum Gasteiger partial charge on any atom is -0.481 e. The summed E-state index contributed by atoms with van der Waals surface area (Å²) in [6, 6.07) is 3.29. The normalized spacial score (nSPS) is 11.0. The molecule has 4 heteroatoms. The van der Waals surface area contributed by atoms with Crippen LogP contribution in [0.25, 0.3) is 10.9 Å². The fourth-order valence-electron chi connectivity index (χ4n) is 2.13. The number of aromatic nitrogens is 1. The minimum atomic E-state index is -0.865.